The lowest BCUT2D eigenvalue weighted by Gasteiger charge is -2.33. The highest BCUT2D eigenvalue weighted by atomic mass is 16.5. The lowest BCUT2D eigenvalue weighted by molar-refractivity contribution is -0.122. The summed E-state index contributed by atoms with van der Waals surface area (Å²) in [6.07, 6.45) is 3.95. The number of hydrogen-bond donors (Lipinski definition) is 2. The second-order valence-corrected chi connectivity index (χ2v) is 5.88. The number of benzene rings is 1. The van der Waals surface area contributed by atoms with Gasteiger partial charge < -0.3 is 20.1 Å². The van der Waals surface area contributed by atoms with Crippen molar-refractivity contribution in [3.05, 3.63) is 18.2 Å². The molecule has 0 saturated carbocycles. The van der Waals surface area contributed by atoms with Crippen LogP contribution in [0.4, 0.5) is 5.69 Å². The summed E-state index contributed by atoms with van der Waals surface area (Å²) >= 11 is 0. The van der Waals surface area contributed by atoms with Crippen molar-refractivity contribution in [1.29, 1.82) is 0 Å². The Morgan fingerprint density at radius 1 is 1.19 bits per heavy atom. The summed E-state index contributed by atoms with van der Waals surface area (Å²) in [5.74, 6) is 1.45. The number of amides is 1. The van der Waals surface area contributed by atoms with Crippen LogP contribution in [0, 0.1) is 0 Å². The van der Waals surface area contributed by atoms with Crippen LogP contribution in [0.1, 0.15) is 32.6 Å². The summed E-state index contributed by atoms with van der Waals surface area (Å²) in [5.41, 5.74) is 0.264. The molecule has 1 saturated heterocycles. The lowest BCUT2D eigenvalue weighted by atomic mass is 9.90. The van der Waals surface area contributed by atoms with Gasteiger partial charge >= 0.3 is 0 Å². The molecule has 1 atom stereocenters. The van der Waals surface area contributed by atoms with Crippen molar-refractivity contribution in [2.75, 3.05) is 25.1 Å². The van der Waals surface area contributed by atoms with Gasteiger partial charge in [-0.3, -0.25) is 4.79 Å². The number of hydrogen-bond acceptors (Lipinski definition) is 4. The second-order valence-electron chi connectivity index (χ2n) is 5.88. The number of ether oxygens (including phenoxy) is 2. The largest absolute Gasteiger partial charge is 0.490 e. The molecule has 2 heterocycles. The van der Waals surface area contributed by atoms with Crippen molar-refractivity contribution in [3.63, 3.8) is 0 Å². The average Bonchev–Trinajstić information content (AvgIpc) is 2.73. The van der Waals surface area contributed by atoms with Crippen LogP contribution in [0.2, 0.25) is 0 Å². The van der Waals surface area contributed by atoms with E-state index in [0.717, 1.165) is 43.7 Å². The van der Waals surface area contributed by atoms with Crippen LogP contribution in [0.3, 0.4) is 0 Å². The SMILES string of the molecule is CC1(C(=O)Nc2ccc3c(c2)OCCCO3)CCCCN1. The Balaban J connectivity index is 1.72. The fourth-order valence-corrected chi connectivity index (χ4v) is 2.76. The van der Waals surface area contributed by atoms with Gasteiger partial charge in [0.2, 0.25) is 5.91 Å². The number of anilines is 1. The van der Waals surface area contributed by atoms with E-state index in [-0.39, 0.29) is 5.91 Å². The standard InChI is InChI=1S/C16H22N2O3/c1-16(7-2-3-8-17-16)15(19)18-12-5-6-13-14(11-12)21-10-4-9-20-13/h5-6,11,17H,2-4,7-10H2,1H3,(H,18,19). The number of piperidine rings is 1. The minimum Gasteiger partial charge on any atom is -0.490 e. The highest BCUT2D eigenvalue weighted by molar-refractivity contribution is 5.98. The Kier molecular flexibility index (Phi) is 4.01. The van der Waals surface area contributed by atoms with Gasteiger partial charge in [-0.2, -0.15) is 0 Å². The summed E-state index contributed by atoms with van der Waals surface area (Å²) < 4.78 is 11.2. The Morgan fingerprint density at radius 2 is 2.00 bits per heavy atom. The molecular weight excluding hydrogens is 268 g/mol. The van der Waals surface area contributed by atoms with Gasteiger partial charge in [0.05, 0.1) is 18.8 Å². The molecule has 0 bridgehead atoms. The number of fused-ring (bicyclic) bond motifs is 1. The van der Waals surface area contributed by atoms with Gasteiger partial charge in [0.15, 0.2) is 11.5 Å². The first-order valence-electron chi connectivity index (χ1n) is 7.63. The highest BCUT2D eigenvalue weighted by Crippen LogP contribution is 2.32. The van der Waals surface area contributed by atoms with Crippen molar-refractivity contribution in [2.24, 2.45) is 0 Å². The zero-order valence-electron chi connectivity index (χ0n) is 12.4. The third kappa shape index (κ3) is 3.13. The van der Waals surface area contributed by atoms with Crippen LogP contribution >= 0.6 is 0 Å². The topological polar surface area (TPSA) is 59.6 Å². The van der Waals surface area contributed by atoms with Crippen molar-refractivity contribution >= 4 is 11.6 Å². The van der Waals surface area contributed by atoms with Crippen molar-refractivity contribution < 1.29 is 14.3 Å². The van der Waals surface area contributed by atoms with Crippen LogP contribution in [-0.4, -0.2) is 31.2 Å². The first-order chi connectivity index (χ1) is 10.2. The van der Waals surface area contributed by atoms with E-state index < -0.39 is 5.54 Å². The average molecular weight is 290 g/mol. The van der Waals surface area contributed by atoms with E-state index in [9.17, 15) is 4.79 Å². The van der Waals surface area contributed by atoms with E-state index in [1.807, 2.05) is 25.1 Å². The summed E-state index contributed by atoms with van der Waals surface area (Å²) in [6, 6.07) is 5.55. The predicted octanol–water partition coefficient (Wildman–Crippen LogP) is 2.32. The van der Waals surface area contributed by atoms with E-state index in [1.54, 1.807) is 0 Å². The molecule has 0 aromatic heterocycles. The predicted molar refractivity (Wildman–Crippen MR) is 80.9 cm³/mol. The molecule has 0 aliphatic carbocycles. The molecule has 21 heavy (non-hydrogen) atoms. The van der Waals surface area contributed by atoms with E-state index in [4.69, 9.17) is 9.47 Å². The highest BCUT2D eigenvalue weighted by Gasteiger charge is 2.34. The van der Waals surface area contributed by atoms with Gasteiger partial charge in [0.25, 0.3) is 0 Å². The smallest absolute Gasteiger partial charge is 0.244 e. The molecule has 2 aliphatic rings. The Hall–Kier alpha value is -1.75. The van der Waals surface area contributed by atoms with Crippen LogP contribution < -0.4 is 20.1 Å². The summed E-state index contributed by atoms with van der Waals surface area (Å²) in [7, 11) is 0. The molecule has 0 spiro atoms. The number of rotatable bonds is 2. The summed E-state index contributed by atoms with van der Waals surface area (Å²) in [5, 5.41) is 6.31. The van der Waals surface area contributed by atoms with Gasteiger partial charge in [-0.15, -0.1) is 0 Å². The van der Waals surface area contributed by atoms with Crippen molar-refractivity contribution in [1.82, 2.24) is 5.32 Å². The number of carbonyl (C=O) groups is 1. The molecule has 2 aliphatic heterocycles. The molecule has 1 fully saturated rings. The number of carbonyl (C=O) groups excluding carboxylic acids is 1. The van der Waals surface area contributed by atoms with E-state index in [1.165, 1.54) is 0 Å². The fourth-order valence-electron chi connectivity index (χ4n) is 2.76. The van der Waals surface area contributed by atoms with Gasteiger partial charge in [0.1, 0.15) is 0 Å². The molecule has 1 amide bonds. The molecule has 5 heteroatoms. The first-order valence-corrected chi connectivity index (χ1v) is 7.63. The Bertz CT molecular complexity index is 524. The minimum atomic E-state index is -0.484. The first kappa shape index (κ1) is 14.2. The molecule has 2 N–H and O–H groups in total. The van der Waals surface area contributed by atoms with Gasteiger partial charge in [-0.05, 0) is 44.9 Å². The van der Waals surface area contributed by atoms with Crippen LogP contribution in [0.25, 0.3) is 0 Å². The van der Waals surface area contributed by atoms with Gasteiger partial charge in [-0.25, -0.2) is 0 Å². The molecule has 1 aromatic carbocycles. The zero-order chi connectivity index (χ0) is 14.7. The Morgan fingerprint density at radius 3 is 2.76 bits per heavy atom. The Labute approximate surface area is 125 Å². The van der Waals surface area contributed by atoms with Crippen LogP contribution in [0.15, 0.2) is 18.2 Å². The number of nitrogens with one attached hydrogen (secondary N) is 2. The normalized spacial score (nSPS) is 25.0. The lowest BCUT2D eigenvalue weighted by Crippen LogP contribution is -2.54. The maximum atomic E-state index is 12.5. The summed E-state index contributed by atoms with van der Waals surface area (Å²) in [6.45, 7) is 4.17. The van der Waals surface area contributed by atoms with Crippen molar-refractivity contribution in [2.45, 2.75) is 38.1 Å². The van der Waals surface area contributed by atoms with E-state index >= 15 is 0 Å². The van der Waals surface area contributed by atoms with E-state index in [2.05, 4.69) is 10.6 Å². The quantitative estimate of drug-likeness (QED) is 0.877. The van der Waals surface area contributed by atoms with Crippen LogP contribution in [0.5, 0.6) is 11.5 Å². The molecule has 3 rings (SSSR count). The van der Waals surface area contributed by atoms with Gasteiger partial charge in [-0.1, -0.05) is 0 Å². The van der Waals surface area contributed by atoms with Crippen LogP contribution in [-0.2, 0) is 4.79 Å². The molecule has 1 aromatic rings. The maximum absolute atomic E-state index is 12.5. The van der Waals surface area contributed by atoms with E-state index in [0.29, 0.717) is 19.0 Å². The monoisotopic (exact) mass is 290 g/mol. The molecule has 5 nitrogen and oxygen atoms in total. The van der Waals surface area contributed by atoms with Crippen molar-refractivity contribution in [3.8, 4) is 11.5 Å². The third-order valence-corrected chi connectivity index (χ3v) is 4.13. The molecule has 1 unspecified atom stereocenters. The molecule has 0 radical (unpaired) electrons. The summed E-state index contributed by atoms with van der Waals surface area (Å²) in [4.78, 5) is 12.5. The zero-order valence-corrected chi connectivity index (χ0v) is 12.4. The fraction of sp³-hybridized carbons (Fsp3) is 0.562. The minimum absolute atomic E-state index is 0.0108. The van der Waals surface area contributed by atoms with Gasteiger partial charge in [0, 0.05) is 18.2 Å². The maximum Gasteiger partial charge on any atom is 0.244 e. The molecule has 114 valence electrons. The second kappa shape index (κ2) is 5.93. The molecular formula is C16H22N2O3. The third-order valence-electron chi connectivity index (χ3n) is 4.13.